The van der Waals surface area contributed by atoms with Crippen LogP contribution in [0.5, 0.6) is 5.75 Å². The molecule has 1 aromatic rings. The zero-order chi connectivity index (χ0) is 19.5. The second kappa shape index (κ2) is 8.11. The minimum Gasteiger partial charge on any atom is -0.496 e. The van der Waals surface area contributed by atoms with Crippen molar-refractivity contribution in [2.24, 2.45) is 5.41 Å². The molecule has 1 aliphatic heterocycles. The standard InChI is InChI=1S/C21H32N2O3/c1-15-11-16(2)17(18(12-15)26-6)13-19(24)22-7-9-23(10-8-22)20(25)14-21(3,4)5/h11-12H,7-10,13-14H2,1-6H3. The summed E-state index contributed by atoms with van der Waals surface area (Å²) in [6.45, 7) is 12.7. The average Bonchev–Trinajstić information content (AvgIpc) is 2.55. The molecule has 0 N–H and O–H groups in total. The van der Waals surface area contributed by atoms with Gasteiger partial charge in [-0.15, -0.1) is 0 Å². The lowest BCUT2D eigenvalue weighted by molar-refractivity contribution is -0.140. The molecule has 0 aliphatic carbocycles. The van der Waals surface area contributed by atoms with Gasteiger partial charge < -0.3 is 14.5 Å². The number of piperazine rings is 1. The summed E-state index contributed by atoms with van der Waals surface area (Å²) in [7, 11) is 1.64. The van der Waals surface area contributed by atoms with Gasteiger partial charge in [0.05, 0.1) is 13.5 Å². The van der Waals surface area contributed by atoms with E-state index in [1.165, 1.54) is 0 Å². The van der Waals surface area contributed by atoms with Gasteiger partial charge in [-0.25, -0.2) is 0 Å². The molecule has 0 unspecified atom stereocenters. The number of aryl methyl sites for hydroxylation is 2. The third-order valence-corrected chi connectivity index (χ3v) is 4.79. The van der Waals surface area contributed by atoms with Gasteiger partial charge in [-0.1, -0.05) is 26.8 Å². The van der Waals surface area contributed by atoms with Crippen molar-refractivity contribution in [3.63, 3.8) is 0 Å². The Balaban J connectivity index is 1.96. The van der Waals surface area contributed by atoms with E-state index >= 15 is 0 Å². The van der Waals surface area contributed by atoms with Crippen LogP contribution in [0.1, 0.15) is 43.9 Å². The van der Waals surface area contributed by atoms with Crippen LogP contribution < -0.4 is 4.74 Å². The van der Waals surface area contributed by atoms with Crippen molar-refractivity contribution in [2.75, 3.05) is 33.3 Å². The summed E-state index contributed by atoms with van der Waals surface area (Å²) in [5.74, 6) is 1.05. The van der Waals surface area contributed by atoms with Crippen LogP contribution in [0, 0.1) is 19.3 Å². The Morgan fingerprint density at radius 1 is 1.00 bits per heavy atom. The van der Waals surface area contributed by atoms with Gasteiger partial charge in [0, 0.05) is 38.2 Å². The molecule has 1 heterocycles. The Labute approximate surface area is 157 Å². The van der Waals surface area contributed by atoms with Gasteiger partial charge >= 0.3 is 0 Å². The molecule has 0 atom stereocenters. The maximum Gasteiger partial charge on any atom is 0.227 e. The Bertz CT molecular complexity index is 669. The highest BCUT2D eigenvalue weighted by Gasteiger charge is 2.27. The largest absolute Gasteiger partial charge is 0.496 e. The van der Waals surface area contributed by atoms with E-state index in [9.17, 15) is 9.59 Å². The normalized spacial score (nSPS) is 15.2. The van der Waals surface area contributed by atoms with Gasteiger partial charge in [-0.05, 0) is 36.5 Å². The van der Waals surface area contributed by atoms with Crippen LogP contribution in [0.15, 0.2) is 12.1 Å². The summed E-state index contributed by atoms with van der Waals surface area (Å²) < 4.78 is 5.47. The number of hydrogen-bond donors (Lipinski definition) is 0. The predicted molar refractivity (Wildman–Crippen MR) is 103 cm³/mol. The monoisotopic (exact) mass is 360 g/mol. The van der Waals surface area contributed by atoms with E-state index < -0.39 is 0 Å². The molecule has 5 nitrogen and oxygen atoms in total. The molecule has 5 heteroatoms. The molecule has 0 radical (unpaired) electrons. The molecule has 0 spiro atoms. The number of benzene rings is 1. The Morgan fingerprint density at radius 2 is 1.54 bits per heavy atom. The minimum atomic E-state index is -0.0104. The van der Waals surface area contributed by atoms with Crippen LogP contribution in [-0.4, -0.2) is 54.9 Å². The number of ether oxygens (including phenoxy) is 1. The number of methoxy groups -OCH3 is 1. The minimum absolute atomic E-state index is 0.0104. The third-order valence-electron chi connectivity index (χ3n) is 4.79. The van der Waals surface area contributed by atoms with Crippen LogP contribution in [0.4, 0.5) is 0 Å². The highest BCUT2D eigenvalue weighted by Crippen LogP contribution is 2.25. The van der Waals surface area contributed by atoms with E-state index in [0.29, 0.717) is 39.0 Å². The van der Waals surface area contributed by atoms with Gasteiger partial charge in [-0.2, -0.15) is 0 Å². The quantitative estimate of drug-likeness (QED) is 0.829. The lowest BCUT2D eigenvalue weighted by Gasteiger charge is -2.36. The first-order chi connectivity index (χ1) is 12.1. The van der Waals surface area contributed by atoms with Crippen molar-refractivity contribution in [3.8, 4) is 5.75 Å². The summed E-state index contributed by atoms with van der Waals surface area (Å²) >= 11 is 0. The van der Waals surface area contributed by atoms with Crippen molar-refractivity contribution >= 4 is 11.8 Å². The predicted octanol–water partition coefficient (Wildman–Crippen LogP) is 2.96. The van der Waals surface area contributed by atoms with Gasteiger partial charge in [0.1, 0.15) is 5.75 Å². The summed E-state index contributed by atoms with van der Waals surface area (Å²) in [6, 6.07) is 4.05. The van der Waals surface area contributed by atoms with E-state index in [1.807, 2.05) is 29.7 Å². The molecule has 26 heavy (non-hydrogen) atoms. The van der Waals surface area contributed by atoms with E-state index in [0.717, 1.165) is 22.4 Å². The summed E-state index contributed by atoms with van der Waals surface area (Å²) in [5, 5.41) is 0. The number of carbonyl (C=O) groups is 2. The zero-order valence-corrected chi connectivity index (χ0v) is 17.0. The van der Waals surface area contributed by atoms with E-state index in [1.54, 1.807) is 7.11 Å². The van der Waals surface area contributed by atoms with Crippen molar-refractivity contribution in [1.29, 1.82) is 0 Å². The maximum atomic E-state index is 12.7. The van der Waals surface area contributed by atoms with Gasteiger partial charge in [0.25, 0.3) is 0 Å². The maximum absolute atomic E-state index is 12.7. The zero-order valence-electron chi connectivity index (χ0n) is 17.0. The Kier molecular flexibility index (Phi) is 6.32. The van der Waals surface area contributed by atoms with Crippen LogP contribution in [0.2, 0.25) is 0 Å². The molecule has 0 bridgehead atoms. The molecule has 0 saturated carbocycles. The lowest BCUT2D eigenvalue weighted by atomic mass is 9.91. The molecular weight excluding hydrogens is 328 g/mol. The smallest absolute Gasteiger partial charge is 0.227 e. The third kappa shape index (κ3) is 5.23. The average molecular weight is 360 g/mol. The lowest BCUT2D eigenvalue weighted by Crippen LogP contribution is -2.51. The molecule has 2 rings (SSSR count). The summed E-state index contributed by atoms with van der Waals surface area (Å²) in [6.07, 6.45) is 0.881. The Hall–Kier alpha value is -2.04. The van der Waals surface area contributed by atoms with Crippen molar-refractivity contribution in [1.82, 2.24) is 9.80 Å². The fourth-order valence-corrected chi connectivity index (χ4v) is 3.40. The van der Waals surface area contributed by atoms with Gasteiger partial charge in [0.15, 0.2) is 0 Å². The van der Waals surface area contributed by atoms with E-state index in [-0.39, 0.29) is 17.2 Å². The number of amides is 2. The molecule has 0 aromatic heterocycles. The molecule has 1 saturated heterocycles. The first kappa shape index (κ1) is 20.3. The van der Waals surface area contributed by atoms with Crippen molar-refractivity contribution in [2.45, 2.75) is 47.5 Å². The van der Waals surface area contributed by atoms with Gasteiger partial charge in [-0.3, -0.25) is 9.59 Å². The number of hydrogen-bond acceptors (Lipinski definition) is 3. The van der Waals surface area contributed by atoms with E-state index in [4.69, 9.17) is 4.74 Å². The second-order valence-corrected chi connectivity index (χ2v) is 8.44. The fourth-order valence-electron chi connectivity index (χ4n) is 3.40. The molecule has 1 aliphatic rings. The first-order valence-electron chi connectivity index (χ1n) is 9.30. The van der Waals surface area contributed by atoms with Crippen LogP contribution >= 0.6 is 0 Å². The summed E-state index contributed by atoms with van der Waals surface area (Å²) in [5.41, 5.74) is 3.15. The molecule has 144 valence electrons. The highest BCUT2D eigenvalue weighted by atomic mass is 16.5. The van der Waals surface area contributed by atoms with E-state index in [2.05, 4.69) is 26.8 Å². The molecular formula is C21H32N2O3. The fraction of sp³-hybridized carbons (Fsp3) is 0.619. The topological polar surface area (TPSA) is 49.9 Å². The number of rotatable bonds is 4. The van der Waals surface area contributed by atoms with Crippen LogP contribution in [-0.2, 0) is 16.0 Å². The first-order valence-corrected chi connectivity index (χ1v) is 9.30. The second-order valence-electron chi connectivity index (χ2n) is 8.44. The highest BCUT2D eigenvalue weighted by molar-refractivity contribution is 5.81. The number of carbonyl (C=O) groups excluding carboxylic acids is 2. The SMILES string of the molecule is COc1cc(C)cc(C)c1CC(=O)N1CCN(C(=O)CC(C)(C)C)CC1. The summed E-state index contributed by atoms with van der Waals surface area (Å²) in [4.78, 5) is 28.8. The van der Waals surface area contributed by atoms with Gasteiger partial charge in [0.2, 0.25) is 11.8 Å². The number of nitrogens with zero attached hydrogens (tertiary/aromatic N) is 2. The van der Waals surface area contributed by atoms with Crippen LogP contribution in [0.3, 0.4) is 0 Å². The molecule has 1 aromatic carbocycles. The van der Waals surface area contributed by atoms with Crippen molar-refractivity contribution in [3.05, 3.63) is 28.8 Å². The molecule has 1 fully saturated rings. The van der Waals surface area contributed by atoms with Crippen LogP contribution in [0.25, 0.3) is 0 Å². The van der Waals surface area contributed by atoms with Crippen molar-refractivity contribution < 1.29 is 14.3 Å². The Morgan fingerprint density at radius 3 is 2.04 bits per heavy atom. The molecule has 2 amide bonds.